The van der Waals surface area contributed by atoms with Gasteiger partial charge in [-0.15, -0.1) is 5.10 Å². The van der Waals surface area contributed by atoms with E-state index < -0.39 is 0 Å². The monoisotopic (exact) mass is 368 g/mol. The lowest BCUT2D eigenvalue weighted by Gasteiger charge is -2.04. The van der Waals surface area contributed by atoms with Crippen LogP contribution in [0.5, 0.6) is 0 Å². The number of aryl methyl sites for hydroxylation is 2. The van der Waals surface area contributed by atoms with Crippen LogP contribution in [0.2, 0.25) is 0 Å². The standard InChI is InChI=1S/C19H21FN6O/c1-3-5-14-23-19-25(10-4-2)18(27)16-17(26(19)24-14)22-15(21-16)11-12-6-8-13(20)9-7-12/h6-9H,3-5,10-11H2,1-2H3,(H,21,22). The smallest absolute Gasteiger partial charge is 0.281 e. The maximum Gasteiger partial charge on any atom is 0.281 e. The number of fused-ring (bicyclic) bond motifs is 3. The van der Waals surface area contributed by atoms with Gasteiger partial charge in [-0.2, -0.15) is 9.50 Å². The normalized spacial score (nSPS) is 11.7. The van der Waals surface area contributed by atoms with Crippen molar-refractivity contribution in [2.24, 2.45) is 0 Å². The van der Waals surface area contributed by atoms with E-state index in [1.807, 2.05) is 6.92 Å². The second-order valence-corrected chi connectivity index (χ2v) is 6.63. The van der Waals surface area contributed by atoms with E-state index in [2.05, 4.69) is 27.0 Å². The largest absolute Gasteiger partial charge is 0.336 e. The van der Waals surface area contributed by atoms with Crippen LogP contribution < -0.4 is 5.56 Å². The summed E-state index contributed by atoms with van der Waals surface area (Å²) in [4.78, 5) is 25.2. The molecule has 0 amide bonds. The minimum Gasteiger partial charge on any atom is -0.336 e. The second-order valence-electron chi connectivity index (χ2n) is 6.63. The number of hydrogen-bond donors (Lipinski definition) is 1. The molecule has 27 heavy (non-hydrogen) atoms. The van der Waals surface area contributed by atoms with Crippen LogP contribution in [0.3, 0.4) is 0 Å². The van der Waals surface area contributed by atoms with E-state index in [1.54, 1.807) is 21.2 Å². The summed E-state index contributed by atoms with van der Waals surface area (Å²) in [6, 6.07) is 6.25. The Balaban J connectivity index is 1.88. The van der Waals surface area contributed by atoms with E-state index in [-0.39, 0.29) is 11.4 Å². The maximum absolute atomic E-state index is 13.1. The molecule has 8 heteroatoms. The lowest BCUT2D eigenvalue weighted by molar-refractivity contribution is 0.627. The molecule has 0 bridgehead atoms. The molecule has 0 aliphatic rings. The summed E-state index contributed by atoms with van der Waals surface area (Å²) >= 11 is 0. The lowest BCUT2D eigenvalue weighted by Crippen LogP contribution is -2.23. The van der Waals surface area contributed by atoms with E-state index in [0.717, 1.165) is 24.8 Å². The quantitative estimate of drug-likeness (QED) is 0.567. The molecule has 0 radical (unpaired) electrons. The first-order valence-corrected chi connectivity index (χ1v) is 9.22. The van der Waals surface area contributed by atoms with Gasteiger partial charge in [-0.05, 0) is 30.5 Å². The molecule has 0 spiro atoms. The number of rotatable bonds is 6. The molecular weight excluding hydrogens is 347 g/mol. The Kier molecular flexibility index (Phi) is 4.47. The summed E-state index contributed by atoms with van der Waals surface area (Å²) in [6.45, 7) is 4.65. The minimum atomic E-state index is -0.279. The van der Waals surface area contributed by atoms with Crippen molar-refractivity contribution < 1.29 is 4.39 Å². The highest BCUT2D eigenvalue weighted by Crippen LogP contribution is 2.14. The molecule has 7 nitrogen and oxygen atoms in total. The van der Waals surface area contributed by atoms with Gasteiger partial charge in [0, 0.05) is 19.4 Å². The average molecular weight is 368 g/mol. The number of aromatic nitrogens is 6. The van der Waals surface area contributed by atoms with E-state index in [4.69, 9.17) is 0 Å². The van der Waals surface area contributed by atoms with Crippen LogP contribution in [0.1, 0.15) is 43.9 Å². The van der Waals surface area contributed by atoms with Crippen LogP contribution in [0.15, 0.2) is 29.1 Å². The predicted octanol–water partition coefficient (Wildman–Crippen LogP) is 2.86. The van der Waals surface area contributed by atoms with Crippen LogP contribution in [-0.4, -0.2) is 29.1 Å². The third-order valence-electron chi connectivity index (χ3n) is 4.47. The molecule has 0 aliphatic carbocycles. The van der Waals surface area contributed by atoms with Crippen molar-refractivity contribution in [1.29, 1.82) is 0 Å². The molecule has 140 valence electrons. The van der Waals surface area contributed by atoms with Gasteiger partial charge in [0.25, 0.3) is 5.56 Å². The molecule has 0 fully saturated rings. The number of aromatic amines is 1. The third-order valence-corrected chi connectivity index (χ3v) is 4.47. The molecule has 4 aromatic rings. The Hall–Kier alpha value is -3.03. The van der Waals surface area contributed by atoms with Crippen molar-refractivity contribution in [3.8, 4) is 0 Å². The molecule has 4 rings (SSSR count). The number of imidazole rings is 1. The Morgan fingerprint density at radius 1 is 1.11 bits per heavy atom. The van der Waals surface area contributed by atoms with Crippen LogP contribution >= 0.6 is 0 Å². The zero-order valence-corrected chi connectivity index (χ0v) is 15.4. The number of halogens is 1. The topological polar surface area (TPSA) is 80.9 Å². The van der Waals surface area contributed by atoms with Gasteiger partial charge in [0.2, 0.25) is 5.78 Å². The highest BCUT2D eigenvalue weighted by atomic mass is 19.1. The fourth-order valence-electron chi connectivity index (χ4n) is 3.24. The number of nitrogens with zero attached hydrogens (tertiary/aromatic N) is 5. The first-order valence-electron chi connectivity index (χ1n) is 9.22. The molecule has 1 N–H and O–H groups in total. The lowest BCUT2D eigenvalue weighted by atomic mass is 10.1. The molecule has 3 aromatic heterocycles. The predicted molar refractivity (Wildman–Crippen MR) is 100 cm³/mol. The van der Waals surface area contributed by atoms with Crippen molar-refractivity contribution in [3.05, 3.63) is 57.6 Å². The van der Waals surface area contributed by atoms with Gasteiger partial charge in [0.15, 0.2) is 17.0 Å². The zero-order chi connectivity index (χ0) is 19.0. The molecule has 0 saturated heterocycles. The highest BCUT2D eigenvalue weighted by molar-refractivity contribution is 5.72. The van der Waals surface area contributed by atoms with Crippen molar-refractivity contribution >= 4 is 16.9 Å². The van der Waals surface area contributed by atoms with Gasteiger partial charge in [0.05, 0.1) is 0 Å². The summed E-state index contributed by atoms with van der Waals surface area (Å²) in [7, 11) is 0. The van der Waals surface area contributed by atoms with E-state index in [0.29, 0.717) is 41.6 Å². The average Bonchev–Trinajstić information content (AvgIpc) is 3.25. The summed E-state index contributed by atoms with van der Waals surface area (Å²) in [6.07, 6.45) is 2.96. The summed E-state index contributed by atoms with van der Waals surface area (Å²) in [5.41, 5.74) is 1.66. The Morgan fingerprint density at radius 3 is 2.59 bits per heavy atom. The van der Waals surface area contributed by atoms with Crippen molar-refractivity contribution in [2.45, 2.75) is 46.1 Å². The minimum absolute atomic E-state index is 0.146. The summed E-state index contributed by atoms with van der Waals surface area (Å²) in [5, 5.41) is 4.56. The number of H-pyrrole nitrogens is 1. The van der Waals surface area contributed by atoms with Gasteiger partial charge >= 0.3 is 0 Å². The van der Waals surface area contributed by atoms with Gasteiger partial charge in [-0.25, -0.2) is 9.37 Å². The van der Waals surface area contributed by atoms with Gasteiger partial charge in [0.1, 0.15) is 11.6 Å². The number of benzene rings is 1. The molecule has 3 heterocycles. The van der Waals surface area contributed by atoms with E-state index in [9.17, 15) is 9.18 Å². The van der Waals surface area contributed by atoms with Gasteiger partial charge in [-0.3, -0.25) is 9.36 Å². The number of hydrogen-bond acceptors (Lipinski definition) is 4. The summed E-state index contributed by atoms with van der Waals surface area (Å²) in [5.74, 6) is 1.59. The van der Waals surface area contributed by atoms with Crippen LogP contribution in [0.25, 0.3) is 16.9 Å². The molecule has 0 saturated carbocycles. The Labute approximate surface area is 154 Å². The Morgan fingerprint density at radius 2 is 1.89 bits per heavy atom. The molecule has 1 aromatic carbocycles. The SMILES string of the molecule is CCCc1nc2n(CCC)c(=O)c3[nH]c(Cc4ccc(F)cc4)nc3n2n1. The highest BCUT2D eigenvalue weighted by Gasteiger charge is 2.18. The van der Waals surface area contributed by atoms with Crippen LogP contribution in [-0.2, 0) is 19.4 Å². The first-order chi connectivity index (χ1) is 13.1. The van der Waals surface area contributed by atoms with E-state index in [1.165, 1.54) is 12.1 Å². The molecule has 0 unspecified atom stereocenters. The fraction of sp³-hybridized carbons (Fsp3) is 0.368. The summed E-state index contributed by atoms with van der Waals surface area (Å²) < 4.78 is 16.4. The zero-order valence-electron chi connectivity index (χ0n) is 15.4. The second kappa shape index (κ2) is 6.94. The van der Waals surface area contributed by atoms with Crippen molar-refractivity contribution in [1.82, 2.24) is 29.1 Å². The first kappa shape index (κ1) is 17.4. The van der Waals surface area contributed by atoms with E-state index >= 15 is 0 Å². The van der Waals surface area contributed by atoms with Crippen LogP contribution in [0.4, 0.5) is 4.39 Å². The van der Waals surface area contributed by atoms with Crippen molar-refractivity contribution in [2.75, 3.05) is 0 Å². The third kappa shape index (κ3) is 3.11. The van der Waals surface area contributed by atoms with Crippen molar-refractivity contribution in [3.63, 3.8) is 0 Å². The van der Waals surface area contributed by atoms with Gasteiger partial charge in [-0.1, -0.05) is 26.0 Å². The Bertz CT molecular complexity index is 1160. The maximum atomic E-state index is 13.1. The molecule has 0 atom stereocenters. The molecule has 0 aliphatic heterocycles. The fourth-order valence-corrected chi connectivity index (χ4v) is 3.24. The van der Waals surface area contributed by atoms with Gasteiger partial charge < -0.3 is 4.98 Å². The number of nitrogens with one attached hydrogen (secondary N) is 1. The van der Waals surface area contributed by atoms with Crippen LogP contribution in [0, 0.1) is 5.82 Å². The molecular formula is C19H21FN6O.